The van der Waals surface area contributed by atoms with Gasteiger partial charge in [-0.05, 0) is 24.3 Å². The number of carbonyl (C=O) groups is 1. The van der Waals surface area contributed by atoms with Crippen molar-refractivity contribution in [1.82, 2.24) is 5.32 Å². The van der Waals surface area contributed by atoms with Crippen molar-refractivity contribution >= 4 is 16.7 Å². The number of hydrogen-bond donors (Lipinski definition) is 2. The van der Waals surface area contributed by atoms with Crippen molar-refractivity contribution in [2.24, 2.45) is 5.92 Å². The molecule has 2 N–H and O–H groups in total. The van der Waals surface area contributed by atoms with Crippen LogP contribution in [0.3, 0.4) is 0 Å². The average Bonchev–Trinajstić information content (AvgIpc) is 3.00. The third-order valence-corrected chi connectivity index (χ3v) is 5.18. The van der Waals surface area contributed by atoms with Crippen molar-refractivity contribution in [2.75, 3.05) is 18.1 Å². The van der Waals surface area contributed by atoms with Gasteiger partial charge in [-0.15, -0.1) is 0 Å². The van der Waals surface area contributed by atoms with Crippen molar-refractivity contribution < 1.29 is 14.1 Å². The first kappa shape index (κ1) is 16.2. The quantitative estimate of drug-likeness (QED) is 0.807. The lowest BCUT2D eigenvalue weighted by Gasteiger charge is -2.25. The van der Waals surface area contributed by atoms with E-state index >= 15 is 0 Å². The first-order chi connectivity index (χ1) is 10.2. The monoisotopic (exact) mass is 309 g/mol. The minimum absolute atomic E-state index is 0.00678. The zero-order chi connectivity index (χ0) is 15.1. The molecule has 1 fully saturated rings. The largest absolute Gasteiger partial charge is 0.395 e. The molecule has 2 atom stereocenters. The van der Waals surface area contributed by atoms with E-state index in [1.165, 1.54) is 12.8 Å². The van der Waals surface area contributed by atoms with E-state index in [2.05, 4.69) is 5.32 Å². The van der Waals surface area contributed by atoms with E-state index < -0.39 is 10.8 Å². The number of amides is 1. The smallest absolute Gasteiger partial charge is 0.233 e. The Morgan fingerprint density at radius 1 is 1.29 bits per heavy atom. The summed E-state index contributed by atoms with van der Waals surface area (Å²) < 4.78 is 11.6. The molecule has 0 saturated heterocycles. The second kappa shape index (κ2) is 8.29. The lowest BCUT2D eigenvalue weighted by Crippen LogP contribution is -2.36. The fraction of sp³-hybridized carbons (Fsp3) is 0.562. The Morgan fingerprint density at radius 2 is 1.95 bits per heavy atom. The summed E-state index contributed by atoms with van der Waals surface area (Å²) >= 11 is 0. The normalized spacial score (nSPS) is 18.3. The van der Waals surface area contributed by atoms with E-state index in [1.54, 1.807) is 0 Å². The van der Waals surface area contributed by atoms with Gasteiger partial charge in [0.15, 0.2) is 0 Å². The molecule has 0 aliphatic heterocycles. The van der Waals surface area contributed by atoms with Gasteiger partial charge in [0.05, 0.1) is 12.6 Å². The zero-order valence-corrected chi connectivity index (χ0v) is 13.0. The van der Waals surface area contributed by atoms with Crippen LogP contribution in [0.15, 0.2) is 30.3 Å². The first-order valence-electron chi connectivity index (χ1n) is 7.51. The Labute approximate surface area is 128 Å². The molecule has 0 heterocycles. The molecule has 0 radical (unpaired) electrons. The van der Waals surface area contributed by atoms with Gasteiger partial charge in [0.2, 0.25) is 5.91 Å². The molecule has 1 aromatic carbocycles. The highest BCUT2D eigenvalue weighted by atomic mass is 32.2. The Hall–Kier alpha value is -1.20. The Bertz CT molecular complexity index is 472. The molecule has 4 nitrogen and oxygen atoms in total. The molecule has 1 aliphatic carbocycles. The minimum atomic E-state index is -1.29. The van der Waals surface area contributed by atoms with Gasteiger partial charge in [-0.25, -0.2) is 0 Å². The maximum atomic E-state index is 12.1. The van der Waals surface area contributed by atoms with Crippen LogP contribution in [-0.4, -0.2) is 33.3 Å². The fourth-order valence-corrected chi connectivity index (χ4v) is 3.68. The van der Waals surface area contributed by atoms with E-state index in [-0.39, 0.29) is 30.1 Å². The van der Waals surface area contributed by atoms with Crippen molar-refractivity contribution in [3.8, 4) is 0 Å². The first-order valence-corrected chi connectivity index (χ1v) is 8.99. The van der Waals surface area contributed by atoms with E-state index in [0.29, 0.717) is 5.92 Å². The summed E-state index contributed by atoms with van der Waals surface area (Å²) in [7, 11) is -1.29. The molecule has 0 aromatic heterocycles. The van der Waals surface area contributed by atoms with E-state index in [9.17, 15) is 9.00 Å². The van der Waals surface area contributed by atoms with Crippen molar-refractivity contribution in [3.05, 3.63) is 35.9 Å². The Morgan fingerprint density at radius 3 is 2.57 bits per heavy atom. The molecule has 2 rings (SSSR count). The SMILES string of the molecule is O=C(CS(=O)CCO)NC(c1ccccc1)C1CCCC1. The molecule has 21 heavy (non-hydrogen) atoms. The number of aliphatic hydroxyl groups is 1. The van der Waals surface area contributed by atoms with Crippen LogP contribution in [0.4, 0.5) is 0 Å². The van der Waals surface area contributed by atoms with E-state index in [1.807, 2.05) is 30.3 Å². The fourth-order valence-electron chi connectivity index (χ4n) is 2.96. The number of nitrogens with one attached hydrogen (secondary N) is 1. The Kier molecular flexibility index (Phi) is 6.39. The summed E-state index contributed by atoms with van der Waals surface area (Å²) in [6.07, 6.45) is 4.67. The van der Waals surface area contributed by atoms with E-state index in [0.717, 1.165) is 18.4 Å². The predicted octanol–water partition coefficient (Wildman–Crippen LogP) is 1.78. The van der Waals surface area contributed by atoms with Crippen LogP contribution in [0, 0.1) is 5.92 Å². The minimum Gasteiger partial charge on any atom is -0.395 e. The number of rotatable bonds is 7. The van der Waals surface area contributed by atoms with Gasteiger partial charge in [0.1, 0.15) is 5.75 Å². The predicted molar refractivity (Wildman–Crippen MR) is 84.2 cm³/mol. The molecular weight excluding hydrogens is 286 g/mol. The van der Waals surface area contributed by atoms with Crippen LogP contribution in [0.25, 0.3) is 0 Å². The summed E-state index contributed by atoms with van der Waals surface area (Å²) in [6, 6.07) is 10.0. The molecule has 116 valence electrons. The molecule has 0 bridgehead atoms. The van der Waals surface area contributed by atoms with Gasteiger partial charge >= 0.3 is 0 Å². The summed E-state index contributed by atoms with van der Waals surface area (Å²) in [4.78, 5) is 12.1. The van der Waals surface area contributed by atoms with Crippen LogP contribution in [-0.2, 0) is 15.6 Å². The van der Waals surface area contributed by atoms with Gasteiger partial charge in [-0.1, -0.05) is 43.2 Å². The van der Waals surface area contributed by atoms with Crippen LogP contribution >= 0.6 is 0 Å². The second-order valence-corrected chi connectivity index (χ2v) is 7.09. The highest BCUT2D eigenvalue weighted by molar-refractivity contribution is 7.85. The highest BCUT2D eigenvalue weighted by Crippen LogP contribution is 2.35. The number of carbonyl (C=O) groups excluding carboxylic acids is 1. The van der Waals surface area contributed by atoms with Crippen molar-refractivity contribution in [1.29, 1.82) is 0 Å². The summed E-state index contributed by atoms with van der Waals surface area (Å²) in [6.45, 7) is -0.148. The zero-order valence-electron chi connectivity index (χ0n) is 12.2. The molecular formula is C16H23NO3S. The van der Waals surface area contributed by atoms with Gasteiger partial charge in [-0.3, -0.25) is 9.00 Å². The molecule has 1 aromatic rings. The molecule has 5 heteroatoms. The van der Waals surface area contributed by atoms with E-state index in [4.69, 9.17) is 5.11 Å². The summed E-state index contributed by atoms with van der Waals surface area (Å²) in [5.74, 6) is 0.397. The topological polar surface area (TPSA) is 66.4 Å². The second-order valence-electron chi connectivity index (χ2n) is 5.51. The number of hydrogen-bond acceptors (Lipinski definition) is 3. The van der Waals surface area contributed by atoms with Crippen molar-refractivity contribution in [2.45, 2.75) is 31.7 Å². The summed E-state index contributed by atoms with van der Waals surface area (Å²) in [5, 5.41) is 11.8. The molecule has 2 unspecified atom stereocenters. The van der Waals surface area contributed by atoms with Gasteiger partial charge in [0, 0.05) is 16.6 Å². The standard InChI is InChI=1S/C16H23NO3S/c18-10-11-21(20)12-15(19)17-16(14-8-4-5-9-14)13-6-2-1-3-7-13/h1-3,6-7,14,16,18H,4-5,8-12H2,(H,17,19). The Balaban J connectivity index is 2.02. The van der Waals surface area contributed by atoms with Crippen LogP contribution < -0.4 is 5.32 Å². The van der Waals surface area contributed by atoms with Crippen LogP contribution in [0.5, 0.6) is 0 Å². The van der Waals surface area contributed by atoms with Gasteiger partial charge in [-0.2, -0.15) is 0 Å². The third kappa shape index (κ3) is 4.93. The molecule has 1 aliphatic rings. The molecule has 1 amide bonds. The van der Waals surface area contributed by atoms with Crippen LogP contribution in [0.1, 0.15) is 37.3 Å². The van der Waals surface area contributed by atoms with Crippen molar-refractivity contribution in [3.63, 3.8) is 0 Å². The average molecular weight is 309 g/mol. The van der Waals surface area contributed by atoms with Crippen LogP contribution in [0.2, 0.25) is 0 Å². The van der Waals surface area contributed by atoms with Gasteiger partial charge in [0.25, 0.3) is 0 Å². The maximum Gasteiger partial charge on any atom is 0.233 e. The lowest BCUT2D eigenvalue weighted by molar-refractivity contribution is -0.119. The number of benzene rings is 1. The highest BCUT2D eigenvalue weighted by Gasteiger charge is 2.27. The lowest BCUT2D eigenvalue weighted by atomic mass is 9.91. The molecule has 1 saturated carbocycles. The third-order valence-electron chi connectivity index (χ3n) is 3.96. The van der Waals surface area contributed by atoms with Gasteiger partial charge < -0.3 is 10.4 Å². The summed E-state index contributed by atoms with van der Waals surface area (Å²) in [5.41, 5.74) is 1.12. The number of aliphatic hydroxyl groups excluding tert-OH is 1. The molecule has 0 spiro atoms. The maximum absolute atomic E-state index is 12.1.